The summed E-state index contributed by atoms with van der Waals surface area (Å²) in [5, 5.41) is 0. The highest BCUT2D eigenvalue weighted by Crippen LogP contribution is 2.32. The van der Waals surface area contributed by atoms with E-state index in [1.807, 2.05) is 6.79 Å². The summed E-state index contributed by atoms with van der Waals surface area (Å²) in [6.07, 6.45) is 10.3. The smallest absolute Gasteiger partial charge is 0.106 e. The van der Waals surface area contributed by atoms with Crippen molar-refractivity contribution >= 4 is 6.79 Å². The lowest BCUT2D eigenvalue weighted by molar-refractivity contribution is -0.0979. The molecule has 0 aliphatic carbocycles. The summed E-state index contributed by atoms with van der Waals surface area (Å²) in [5.41, 5.74) is 8.51. The van der Waals surface area contributed by atoms with E-state index in [0.717, 1.165) is 18.5 Å². The van der Waals surface area contributed by atoms with Crippen LogP contribution in [0.25, 0.3) is 22.3 Å². The molecule has 1 aliphatic rings. The molecule has 0 unspecified atom stereocenters. The highest BCUT2D eigenvalue weighted by molar-refractivity contribution is 5.64. The first kappa shape index (κ1) is 25.7. The Morgan fingerprint density at radius 1 is 0.595 bits per heavy atom. The van der Waals surface area contributed by atoms with Crippen LogP contribution in [0.15, 0.2) is 146 Å². The fourth-order valence-electron chi connectivity index (χ4n) is 5.01. The minimum Gasteiger partial charge on any atom is -0.342 e. The first-order valence-corrected chi connectivity index (χ1v) is 12.5. The van der Waals surface area contributed by atoms with E-state index < -0.39 is 0 Å². The average molecular weight is 484 g/mol. The molecule has 2 heteroatoms. The molecule has 0 amide bonds. The first-order valence-electron chi connectivity index (χ1n) is 12.5. The van der Waals surface area contributed by atoms with Crippen molar-refractivity contribution in [1.29, 1.82) is 0 Å². The Labute approximate surface area is 220 Å². The molecule has 0 aromatic heterocycles. The van der Waals surface area contributed by atoms with Gasteiger partial charge >= 0.3 is 0 Å². The fourth-order valence-corrected chi connectivity index (χ4v) is 5.01. The van der Waals surface area contributed by atoms with Gasteiger partial charge in [-0.25, -0.2) is 0 Å². The van der Waals surface area contributed by atoms with Crippen LogP contribution < -0.4 is 0 Å². The fraction of sp³-hybridized carbons (Fsp3) is 0.114. The summed E-state index contributed by atoms with van der Waals surface area (Å²) < 4.78 is 0. The average Bonchev–Trinajstić information content (AvgIpc) is 2.96. The van der Waals surface area contributed by atoms with Crippen molar-refractivity contribution in [2.45, 2.75) is 25.3 Å². The molecule has 1 aliphatic heterocycles. The first-order chi connectivity index (χ1) is 18.1. The molecule has 5 rings (SSSR count). The molecule has 0 atom stereocenters. The minimum atomic E-state index is -0.152. The molecule has 0 spiro atoms. The standard InChI is InChI=1S/C34H31N.CH2O/c1-27-11-9-10-24-35(27)34(2,25-28-16-20-32(21-17-28)30-12-5-3-6-13-30)26-29-18-22-33(23-19-29)31-14-7-4-8-15-31;1-2/h3-24H,1,25-26H2,2H3;1H2. The van der Waals surface area contributed by atoms with Crippen molar-refractivity contribution in [2.75, 3.05) is 0 Å². The third kappa shape index (κ3) is 6.23. The maximum Gasteiger partial charge on any atom is 0.106 e. The maximum atomic E-state index is 8.00. The Hall–Kier alpha value is -4.43. The van der Waals surface area contributed by atoms with Crippen LogP contribution >= 0.6 is 0 Å². The molecule has 4 aromatic carbocycles. The van der Waals surface area contributed by atoms with Gasteiger partial charge in [0.15, 0.2) is 0 Å². The third-order valence-electron chi connectivity index (χ3n) is 6.82. The molecule has 0 N–H and O–H groups in total. The van der Waals surface area contributed by atoms with Crippen molar-refractivity contribution < 1.29 is 4.79 Å². The summed E-state index contributed by atoms with van der Waals surface area (Å²) in [7, 11) is 0. The van der Waals surface area contributed by atoms with Crippen LogP contribution in [0.1, 0.15) is 18.1 Å². The van der Waals surface area contributed by atoms with Crippen LogP contribution in [0.4, 0.5) is 0 Å². The van der Waals surface area contributed by atoms with Gasteiger partial charge in [0.05, 0.1) is 0 Å². The molecule has 184 valence electrons. The van der Waals surface area contributed by atoms with Crippen LogP contribution in [0.3, 0.4) is 0 Å². The highest BCUT2D eigenvalue weighted by atomic mass is 16.1. The van der Waals surface area contributed by atoms with Crippen molar-refractivity contribution in [3.8, 4) is 22.3 Å². The van der Waals surface area contributed by atoms with Gasteiger partial charge in [-0.05, 0) is 65.3 Å². The number of hydrogen-bond acceptors (Lipinski definition) is 2. The lowest BCUT2D eigenvalue weighted by Crippen LogP contribution is -2.46. The predicted molar refractivity (Wildman–Crippen MR) is 156 cm³/mol. The van der Waals surface area contributed by atoms with Crippen LogP contribution in [0.2, 0.25) is 0 Å². The molecule has 1 heterocycles. The molecule has 2 nitrogen and oxygen atoms in total. The van der Waals surface area contributed by atoms with Crippen LogP contribution in [0, 0.1) is 0 Å². The Morgan fingerprint density at radius 2 is 1.00 bits per heavy atom. The van der Waals surface area contributed by atoms with E-state index >= 15 is 0 Å². The number of nitrogens with zero attached hydrogens (tertiary/aromatic N) is 1. The van der Waals surface area contributed by atoms with Gasteiger partial charge in [0.1, 0.15) is 6.79 Å². The summed E-state index contributed by atoms with van der Waals surface area (Å²) in [6.45, 7) is 8.69. The second-order valence-electron chi connectivity index (χ2n) is 9.54. The number of rotatable bonds is 7. The molecule has 0 radical (unpaired) electrons. The molecular weight excluding hydrogens is 450 g/mol. The van der Waals surface area contributed by atoms with E-state index in [-0.39, 0.29) is 5.54 Å². The number of hydrogen-bond donors (Lipinski definition) is 0. The van der Waals surface area contributed by atoms with E-state index in [1.54, 1.807) is 0 Å². The van der Waals surface area contributed by atoms with E-state index in [1.165, 1.54) is 33.4 Å². The molecule has 0 saturated heterocycles. The Kier molecular flexibility index (Phi) is 8.33. The second kappa shape index (κ2) is 12.0. The van der Waals surface area contributed by atoms with Crippen molar-refractivity contribution in [1.82, 2.24) is 4.90 Å². The maximum absolute atomic E-state index is 8.00. The minimum absolute atomic E-state index is 0.152. The van der Waals surface area contributed by atoms with Crippen LogP contribution in [-0.4, -0.2) is 17.2 Å². The highest BCUT2D eigenvalue weighted by Gasteiger charge is 2.32. The zero-order chi connectivity index (χ0) is 26.1. The predicted octanol–water partition coefficient (Wildman–Crippen LogP) is 8.28. The summed E-state index contributed by atoms with van der Waals surface area (Å²) >= 11 is 0. The monoisotopic (exact) mass is 483 g/mol. The SMILES string of the molecule is C=C1C=CC=CN1C(C)(Cc1ccc(-c2ccccc2)cc1)Cc1ccc(-c2ccccc2)cc1.C=O. The molecule has 4 aromatic rings. The van der Waals surface area contributed by atoms with Gasteiger partial charge in [0.25, 0.3) is 0 Å². The van der Waals surface area contributed by atoms with Gasteiger partial charge in [-0.3, -0.25) is 0 Å². The van der Waals surface area contributed by atoms with Gasteiger partial charge in [-0.1, -0.05) is 122 Å². The van der Waals surface area contributed by atoms with Gasteiger partial charge in [0.2, 0.25) is 0 Å². The zero-order valence-electron chi connectivity index (χ0n) is 21.4. The molecular formula is C35H33NO. The van der Waals surface area contributed by atoms with Crippen LogP contribution in [-0.2, 0) is 17.6 Å². The zero-order valence-corrected chi connectivity index (χ0v) is 21.4. The van der Waals surface area contributed by atoms with Crippen molar-refractivity contribution in [3.05, 3.63) is 157 Å². The third-order valence-corrected chi connectivity index (χ3v) is 6.82. The van der Waals surface area contributed by atoms with Crippen molar-refractivity contribution in [2.24, 2.45) is 0 Å². The number of allylic oxidation sites excluding steroid dienone is 3. The molecule has 0 saturated carbocycles. The largest absolute Gasteiger partial charge is 0.342 e. The van der Waals surface area contributed by atoms with E-state index in [0.29, 0.717) is 0 Å². The van der Waals surface area contributed by atoms with Gasteiger partial charge in [0, 0.05) is 17.4 Å². The summed E-state index contributed by atoms with van der Waals surface area (Å²) in [5.74, 6) is 0. The number of carbonyl (C=O) groups excluding carboxylic acids is 1. The summed E-state index contributed by atoms with van der Waals surface area (Å²) in [4.78, 5) is 10.3. The Balaban J connectivity index is 0.00000156. The topological polar surface area (TPSA) is 20.3 Å². The Morgan fingerprint density at radius 3 is 1.41 bits per heavy atom. The molecule has 0 bridgehead atoms. The lowest BCUT2D eigenvalue weighted by Gasteiger charge is -2.42. The Bertz CT molecular complexity index is 1270. The quantitative estimate of drug-likeness (QED) is 0.264. The van der Waals surface area contributed by atoms with Gasteiger partial charge < -0.3 is 9.69 Å². The normalized spacial score (nSPS) is 12.7. The van der Waals surface area contributed by atoms with Crippen LogP contribution in [0.5, 0.6) is 0 Å². The summed E-state index contributed by atoms with van der Waals surface area (Å²) in [6, 6.07) is 39.1. The number of benzene rings is 4. The molecule has 37 heavy (non-hydrogen) atoms. The lowest BCUT2D eigenvalue weighted by atomic mass is 9.83. The van der Waals surface area contributed by atoms with E-state index in [2.05, 4.69) is 152 Å². The number of carbonyl (C=O) groups is 1. The van der Waals surface area contributed by atoms with Gasteiger partial charge in [-0.15, -0.1) is 0 Å². The van der Waals surface area contributed by atoms with E-state index in [4.69, 9.17) is 4.79 Å². The second-order valence-corrected chi connectivity index (χ2v) is 9.54. The van der Waals surface area contributed by atoms with E-state index in [9.17, 15) is 0 Å². The van der Waals surface area contributed by atoms with Crippen molar-refractivity contribution in [3.63, 3.8) is 0 Å². The molecule has 0 fully saturated rings. The van der Waals surface area contributed by atoms with Gasteiger partial charge in [-0.2, -0.15) is 0 Å².